The second kappa shape index (κ2) is 5.14. The van der Waals surface area contributed by atoms with Crippen LogP contribution < -0.4 is 10.5 Å². The van der Waals surface area contributed by atoms with Gasteiger partial charge in [-0.1, -0.05) is 6.07 Å². The van der Waals surface area contributed by atoms with E-state index in [2.05, 4.69) is 10.2 Å². The summed E-state index contributed by atoms with van der Waals surface area (Å²) >= 11 is 0. The summed E-state index contributed by atoms with van der Waals surface area (Å²) in [5.74, 6) is 0.757. The lowest BCUT2D eigenvalue weighted by Crippen LogP contribution is -2.08. The summed E-state index contributed by atoms with van der Waals surface area (Å²) in [7, 11) is 1.82. The van der Waals surface area contributed by atoms with Crippen molar-refractivity contribution in [3.63, 3.8) is 0 Å². The molecule has 5 nitrogen and oxygen atoms in total. The second-order valence-electron chi connectivity index (χ2n) is 4.12. The molecule has 0 bridgehead atoms. The predicted molar refractivity (Wildman–Crippen MR) is 64.3 cm³/mol. The summed E-state index contributed by atoms with van der Waals surface area (Å²) in [6, 6.07) is 4.32. The van der Waals surface area contributed by atoms with E-state index >= 15 is 0 Å². The first-order valence-corrected chi connectivity index (χ1v) is 5.58. The summed E-state index contributed by atoms with van der Waals surface area (Å²) in [5.41, 5.74) is 6.11. The Bertz CT molecular complexity index is 539. The number of aryl methyl sites for hydroxylation is 1. The van der Waals surface area contributed by atoms with Crippen LogP contribution in [0.1, 0.15) is 24.4 Å². The molecule has 0 saturated carbocycles. The number of halogens is 1. The van der Waals surface area contributed by atoms with Gasteiger partial charge in [-0.15, -0.1) is 10.2 Å². The molecule has 1 heterocycles. The van der Waals surface area contributed by atoms with Crippen LogP contribution in [-0.2, 0) is 13.7 Å². The number of hydrogen-bond donors (Lipinski definition) is 1. The lowest BCUT2D eigenvalue weighted by Gasteiger charge is -2.10. The van der Waals surface area contributed by atoms with Crippen LogP contribution in [-0.4, -0.2) is 14.8 Å². The van der Waals surface area contributed by atoms with Crippen molar-refractivity contribution in [2.75, 3.05) is 0 Å². The molecule has 2 N–H and O–H groups in total. The SMILES string of the molecule is C[C@H](N)c1ccc(OCc2nncn2C)cc1F. The van der Waals surface area contributed by atoms with Gasteiger partial charge in [0.2, 0.25) is 0 Å². The Kier molecular flexibility index (Phi) is 3.57. The maximum absolute atomic E-state index is 13.7. The molecule has 0 amide bonds. The van der Waals surface area contributed by atoms with Crippen LogP contribution in [0.15, 0.2) is 24.5 Å². The highest BCUT2D eigenvalue weighted by Gasteiger charge is 2.09. The molecular weight excluding hydrogens is 235 g/mol. The average Bonchev–Trinajstić information content (AvgIpc) is 2.72. The molecule has 6 heteroatoms. The predicted octanol–water partition coefficient (Wildman–Crippen LogP) is 1.55. The lowest BCUT2D eigenvalue weighted by atomic mass is 10.1. The maximum atomic E-state index is 13.7. The smallest absolute Gasteiger partial charge is 0.170 e. The van der Waals surface area contributed by atoms with Crippen LogP contribution in [0.5, 0.6) is 5.75 Å². The number of ether oxygens (including phenoxy) is 1. The van der Waals surface area contributed by atoms with Crippen LogP contribution in [0.25, 0.3) is 0 Å². The van der Waals surface area contributed by atoms with Crippen LogP contribution in [0, 0.1) is 5.82 Å². The van der Waals surface area contributed by atoms with Crippen molar-refractivity contribution >= 4 is 0 Å². The molecule has 96 valence electrons. The fourth-order valence-electron chi connectivity index (χ4n) is 1.55. The largest absolute Gasteiger partial charge is 0.486 e. The third-order valence-corrected chi connectivity index (χ3v) is 2.64. The first-order chi connectivity index (χ1) is 8.58. The number of hydrogen-bond acceptors (Lipinski definition) is 4. The van der Waals surface area contributed by atoms with Crippen LogP contribution in [0.3, 0.4) is 0 Å². The topological polar surface area (TPSA) is 66.0 Å². The van der Waals surface area contributed by atoms with Crippen molar-refractivity contribution in [2.45, 2.75) is 19.6 Å². The van der Waals surface area contributed by atoms with Crippen molar-refractivity contribution in [3.05, 3.63) is 41.7 Å². The second-order valence-corrected chi connectivity index (χ2v) is 4.12. The molecule has 0 aliphatic rings. The van der Waals surface area contributed by atoms with Crippen LogP contribution >= 0.6 is 0 Å². The minimum atomic E-state index is -0.361. The zero-order chi connectivity index (χ0) is 13.1. The van der Waals surface area contributed by atoms with Crippen molar-refractivity contribution < 1.29 is 9.13 Å². The Hall–Kier alpha value is -1.95. The van der Waals surface area contributed by atoms with E-state index in [1.54, 1.807) is 30.0 Å². The van der Waals surface area contributed by atoms with Gasteiger partial charge >= 0.3 is 0 Å². The third kappa shape index (κ3) is 2.65. The highest BCUT2D eigenvalue weighted by Crippen LogP contribution is 2.21. The Balaban J connectivity index is 2.07. The van der Waals surface area contributed by atoms with Crippen LogP contribution in [0.2, 0.25) is 0 Å². The van der Waals surface area contributed by atoms with Gasteiger partial charge in [0.05, 0.1) is 0 Å². The van der Waals surface area contributed by atoms with Gasteiger partial charge in [0.1, 0.15) is 24.5 Å². The van der Waals surface area contributed by atoms with Gasteiger partial charge in [-0.3, -0.25) is 0 Å². The normalized spacial score (nSPS) is 12.4. The fraction of sp³-hybridized carbons (Fsp3) is 0.333. The highest BCUT2D eigenvalue weighted by molar-refractivity contribution is 5.30. The van der Waals surface area contributed by atoms with Crippen molar-refractivity contribution in [1.82, 2.24) is 14.8 Å². The van der Waals surface area contributed by atoms with E-state index in [4.69, 9.17) is 10.5 Å². The molecule has 0 saturated heterocycles. The molecule has 0 fully saturated rings. The van der Waals surface area contributed by atoms with Gasteiger partial charge in [-0.05, 0) is 13.0 Å². The van der Waals surface area contributed by atoms with Crippen molar-refractivity contribution in [1.29, 1.82) is 0 Å². The van der Waals surface area contributed by atoms with E-state index in [-0.39, 0.29) is 18.5 Å². The summed E-state index contributed by atoms with van der Waals surface area (Å²) in [4.78, 5) is 0. The molecule has 0 spiro atoms. The van der Waals surface area contributed by atoms with E-state index in [0.717, 1.165) is 0 Å². The van der Waals surface area contributed by atoms with Gasteiger partial charge in [-0.2, -0.15) is 0 Å². The minimum absolute atomic E-state index is 0.244. The Morgan fingerprint density at radius 1 is 1.50 bits per heavy atom. The van der Waals surface area contributed by atoms with E-state index < -0.39 is 0 Å². The van der Waals surface area contributed by atoms with E-state index in [0.29, 0.717) is 17.1 Å². The molecule has 0 aliphatic carbocycles. The average molecular weight is 250 g/mol. The molecule has 18 heavy (non-hydrogen) atoms. The minimum Gasteiger partial charge on any atom is -0.486 e. The van der Waals surface area contributed by atoms with Crippen molar-refractivity contribution in [3.8, 4) is 5.75 Å². The quantitative estimate of drug-likeness (QED) is 0.894. The molecular formula is C12H15FN4O. The van der Waals surface area contributed by atoms with Gasteiger partial charge < -0.3 is 15.0 Å². The standard InChI is InChI=1S/C12H15FN4O/c1-8(14)10-4-3-9(5-11(10)13)18-6-12-16-15-7-17(12)2/h3-5,7-8H,6,14H2,1-2H3/t8-/m0/s1. The zero-order valence-corrected chi connectivity index (χ0v) is 10.3. The summed E-state index contributed by atoms with van der Waals surface area (Å²) < 4.78 is 20.8. The molecule has 0 unspecified atom stereocenters. The molecule has 1 atom stereocenters. The molecule has 0 aliphatic heterocycles. The zero-order valence-electron chi connectivity index (χ0n) is 10.3. The summed E-state index contributed by atoms with van der Waals surface area (Å²) in [5, 5.41) is 7.60. The molecule has 1 aromatic heterocycles. The molecule has 1 aromatic carbocycles. The highest BCUT2D eigenvalue weighted by atomic mass is 19.1. The third-order valence-electron chi connectivity index (χ3n) is 2.64. The van der Waals surface area contributed by atoms with Gasteiger partial charge in [0.25, 0.3) is 0 Å². The number of nitrogens with zero attached hydrogens (tertiary/aromatic N) is 3. The number of nitrogens with two attached hydrogens (primary N) is 1. The van der Waals surface area contributed by atoms with Crippen LogP contribution in [0.4, 0.5) is 4.39 Å². The molecule has 2 rings (SSSR count). The monoisotopic (exact) mass is 250 g/mol. The van der Waals surface area contributed by atoms with Gasteiger partial charge in [-0.25, -0.2) is 4.39 Å². The summed E-state index contributed by atoms with van der Waals surface area (Å²) in [6.07, 6.45) is 1.58. The lowest BCUT2D eigenvalue weighted by molar-refractivity contribution is 0.289. The number of benzene rings is 1. The Labute approximate surface area is 104 Å². The number of rotatable bonds is 4. The van der Waals surface area contributed by atoms with Gasteiger partial charge in [0, 0.05) is 24.7 Å². The first-order valence-electron chi connectivity index (χ1n) is 5.58. The fourth-order valence-corrected chi connectivity index (χ4v) is 1.55. The van der Waals surface area contributed by atoms with Gasteiger partial charge in [0.15, 0.2) is 5.82 Å². The van der Waals surface area contributed by atoms with E-state index in [9.17, 15) is 4.39 Å². The Morgan fingerprint density at radius 2 is 2.28 bits per heavy atom. The van der Waals surface area contributed by atoms with Crippen molar-refractivity contribution in [2.24, 2.45) is 12.8 Å². The Morgan fingerprint density at radius 3 is 2.83 bits per heavy atom. The number of aromatic nitrogens is 3. The van der Waals surface area contributed by atoms with E-state index in [1.165, 1.54) is 6.07 Å². The first kappa shape index (κ1) is 12.5. The molecule has 0 radical (unpaired) electrons. The maximum Gasteiger partial charge on any atom is 0.170 e. The molecule has 2 aromatic rings. The summed E-state index contributed by atoms with van der Waals surface area (Å²) in [6.45, 7) is 1.98. The van der Waals surface area contributed by atoms with E-state index in [1.807, 2.05) is 7.05 Å².